The normalized spacial score (nSPS) is 11.0. The van der Waals surface area contributed by atoms with E-state index in [1.807, 2.05) is 6.92 Å². The first-order valence-corrected chi connectivity index (χ1v) is 7.82. The summed E-state index contributed by atoms with van der Waals surface area (Å²) in [5.41, 5.74) is 0.547. The van der Waals surface area contributed by atoms with Crippen LogP contribution in [-0.2, 0) is 27.4 Å². The summed E-state index contributed by atoms with van der Waals surface area (Å²) in [6.45, 7) is 1.67. The monoisotopic (exact) mass is 357 g/mol. The Morgan fingerprint density at radius 2 is 2.08 bits per heavy atom. The van der Waals surface area contributed by atoms with Gasteiger partial charge < -0.3 is 19.3 Å². The third-order valence-corrected chi connectivity index (χ3v) is 3.08. The van der Waals surface area contributed by atoms with Crippen molar-refractivity contribution in [2.24, 2.45) is 0 Å². The number of amides is 1. The van der Waals surface area contributed by atoms with E-state index in [-0.39, 0.29) is 30.7 Å². The minimum absolute atomic E-state index is 0.0866. The summed E-state index contributed by atoms with van der Waals surface area (Å²) in [6, 6.07) is 7.04. The number of allylic oxidation sites excluding steroid dienone is 3. The summed E-state index contributed by atoms with van der Waals surface area (Å²) in [6.07, 6.45) is 6.23. The predicted molar refractivity (Wildman–Crippen MR) is 93.4 cm³/mol. The molecule has 1 amide bonds. The maximum absolute atomic E-state index is 12.1. The number of ether oxygens (including phenoxy) is 2. The average Bonchev–Trinajstić information content (AvgIpc) is 3.08. The Hall–Kier alpha value is -3.42. The maximum Gasteiger partial charge on any atom is 0.331 e. The molecule has 0 saturated heterocycles. The lowest BCUT2D eigenvalue weighted by Crippen LogP contribution is -2.15. The Kier molecular flexibility index (Phi) is 7.11. The van der Waals surface area contributed by atoms with Crippen LogP contribution in [0.5, 0.6) is 5.75 Å². The first kappa shape index (κ1) is 18.9. The lowest BCUT2D eigenvalue weighted by atomic mass is 10.2. The minimum atomic E-state index is -0.531. The number of hydrogen-bond acceptors (Lipinski definition) is 7. The van der Waals surface area contributed by atoms with Crippen molar-refractivity contribution in [3.05, 3.63) is 60.3 Å². The number of methoxy groups -OCH3 is 1. The quantitative estimate of drug-likeness (QED) is 0.439. The van der Waals surface area contributed by atoms with Crippen molar-refractivity contribution in [3.63, 3.8) is 0 Å². The molecule has 26 heavy (non-hydrogen) atoms. The summed E-state index contributed by atoms with van der Waals surface area (Å²) in [5, 5.41) is 6.41. The average molecular weight is 357 g/mol. The minimum Gasteiger partial charge on any atom is -0.495 e. The SMILES string of the molecule is C/C=C/C=C/C(=O)OCc1nc(CC(=O)Nc2ccccc2OC)no1. The van der Waals surface area contributed by atoms with Gasteiger partial charge in [-0.05, 0) is 19.1 Å². The number of hydrogen-bond donors (Lipinski definition) is 1. The van der Waals surface area contributed by atoms with Crippen molar-refractivity contribution >= 4 is 17.6 Å². The van der Waals surface area contributed by atoms with Gasteiger partial charge in [0.05, 0.1) is 19.2 Å². The zero-order valence-electron chi connectivity index (χ0n) is 14.5. The molecule has 0 spiro atoms. The number of esters is 1. The standard InChI is InChI=1S/C18H19N3O5/c1-3-4-5-10-18(23)25-12-17-20-15(21-26-17)11-16(22)19-13-8-6-7-9-14(13)24-2/h3-10H,11-12H2,1-2H3,(H,19,22)/b4-3+,10-5+. The molecule has 0 bridgehead atoms. The molecule has 0 atom stereocenters. The second-order valence-corrected chi connectivity index (χ2v) is 5.02. The number of carbonyl (C=O) groups is 2. The van der Waals surface area contributed by atoms with E-state index >= 15 is 0 Å². The molecule has 1 aromatic heterocycles. The highest BCUT2D eigenvalue weighted by Gasteiger charge is 2.13. The third kappa shape index (κ3) is 5.90. The molecule has 136 valence electrons. The van der Waals surface area contributed by atoms with Crippen molar-refractivity contribution in [1.82, 2.24) is 10.1 Å². The molecule has 8 nitrogen and oxygen atoms in total. The fraction of sp³-hybridized carbons (Fsp3) is 0.222. The van der Waals surface area contributed by atoms with Crippen molar-refractivity contribution in [3.8, 4) is 5.75 Å². The number of benzene rings is 1. The summed E-state index contributed by atoms with van der Waals surface area (Å²) in [7, 11) is 1.52. The number of aromatic nitrogens is 2. The predicted octanol–water partition coefficient (Wildman–Crippen LogP) is 2.43. The molecular formula is C18H19N3O5. The van der Waals surface area contributed by atoms with Gasteiger partial charge in [-0.2, -0.15) is 4.98 Å². The van der Waals surface area contributed by atoms with Crippen LogP contribution in [0.1, 0.15) is 18.6 Å². The first-order valence-electron chi connectivity index (χ1n) is 7.82. The second kappa shape index (κ2) is 9.77. The fourth-order valence-electron chi connectivity index (χ4n) is 1.93. The highest BCUT2D eigenvalue weighted by atomic mass is 16.6. The Bertz CT molecular complexity index is 811. The van der Waals surface area contributed by atoms with Gasteiger partial charge in [-0.15, -0.1) is 0 Å². The number of nitrogens with one attached hydrogen (secondary N) is 1. The number of rotatable bonds is 8. The second-order valence-electron chi connectivity index (χ2n) is 5.02. The fourth-order valence-corrected chi connectivity index (χ4v) is 1.93. The number of anilines is 1. The molecule has 0 fully saturated rings. The van der Waals surface area contributed by atoms with E-state index in [0.717, 1.165) is 0 Å². The smallest absolute Gasteiger partial charge is 0.331 e. The Balaban J connectivity index is 1.85. The van der Waals surface area contributed by atoms with Crippen LogP contribution < -0.4 is 10.1 Å². The largest absolute Gasteiger partial charge is 0.495 e. The molecule has 1 aromatic carbocycles. The van der Waals surface area contributed by atoms with E-state index in [4.69, 9.17) is 14.0 Å². The molecular weight excluding hydrogens is 338 g/mol. The summed E-state index contributed by atoms with van der Waals surface area (Å²) in [5.74, 6) is -0.0109. The van der Waals surface area contributed by atoms with Crippen molar-refractivity contribution in [2.45, 2.75) is 20.0 Å². The topological polar surface area (TPSA) is 104 Å². The third-order valence-electron chi connectivity index (χ3n) is 3.08. The maximum atomic E-state index is 12.1. The van der Waals surface area contributed by atoms with Gasteiger partial charge in [-0.1, -0.05) is 35.5 Å². The van der Waals surface area contributed by atoms with Gasteiger partial charge >= 0.3 is 5.97 Å². The molecule has 1 N–H and O–H groups in total. The molecule has 1 heterocycles. The van der Waals surface area contributed by atoms with Crippen LogP contribution in [0.2, 0.25) is 0 Å². The molecule has 0 unspecified atom stereocenters. The molecule has 2 aromatic rings. The Labute approximate surface area is 150 Å². The molecule has 0 radical (unpaired) electrons. The summed E-state index contributed by atoms with van der Waals surface area (Å²) >= 11 is 0. The van der Waals surface area contributed by atoms with Crippen molar-refractivity contribution < 1.29 is 23.6 Å². The molecule has 0 aliphatic heterocycles. The van der Waals surface area contributed by atoms with Gasteiger partial charge in [0, 0.05) is 6.08 Å². The summed E-state index contributed by atoms with van der Waals surface area (Å²) in [4.78, 5) is 27.5. The van der Waals surface area contributed by atoms with Crippen LogP contribution in [-0.4, -0.2) is 29.1 Å². The van der Waals surface area contributed by atoms with Gasteiger partial charge in [-0.25, -0.2) is 4.79 Å². The van der Waals surface area contributed by atoms with E-state index in [1.54, 1.807) is 42.5 Å². The van der Waals surface area contributed by atoms with Crippen LogP contribution >= 0.6 is 0 Å². The molecule has 2 rings (SSSR count). The Morgan fingerprint density at radius 3 is 2.85 bits per heavy atom. The van der Waals surface area contributed by atoms with E-state index in [2.05, 4.69) is 15.5 Å². The van der Waals surface area contributed by atoms with Crippen molar-refractivity contribution in [1.29, 1.82) is 0 Å². The number of carbonyl (C=O) groups excluding carboxylic acids is 2. The van der Waals surface area contributed by atoms with Crippen LogP contribution in [0.15, 0.2) is 53.1 Å². The molecule has 8 heteroatoms. The Morgan fingerprint density at radius 1 is 1.27 bits per heavy atom. The highest BCUT2D eigenvalue weighted by molar-refractivity contribution is 5.93. The van der Waals surface area contributed by atoms with Gasteiger partial charge in [0.1, 0.15) is 5.75 Å². The van der Waals surface area contributed by atoms with Crippen LogP contribution in [0.25, 0.3) is 0 Å². The summed E-state index contributed by atoms with van der Waals surface area (Å²) < 4.78 is 15.1. The van der Waals surface area contributed by atoms with Crippen LogP contribution in [0, 0.1) is 0 Å². The van der Waals surface area contributed by atoms with Gasteiger partial charge in [0.2, 0.25) is 5.91 Å². The van der Waals surface area contributed by atoms with Crippen LogP contribution in [0.4, 0.5) is 5.69 Å². The van der Waals surface area contributed by atoms with E-state index < -0.39 is 5.97 Å². The molecule has 0 aliphatic carbocycles. The van der Waals surface area contributed by atoms with E-state index in [1.165, 1.54) is 13.2 Å². The lowest BCUT2D eigenvalue weighted by Gasteiger charge is -2.08. The number of nitrogens with zero attached hydrogens (tertiary/aromatic N) is 2. The van der Waals surface area contributed by atoms with Crippen molar-refractivity contribution in [2.75, 3.05) is 12.4 Å². The molecule has 0 saturated carbocycles. The van der Waals surface area contributed by atoms with Crippen LogP contribution in [0.3, 0.4) is 0 Å². The zero-order valence-corrected chi connectivity index (χ0v) is 14.5. The van der Waals surface area contributed by atoms with E-state index in [0.29, 0.717) is 11.4 Å². The van der Waals surface area contributed by atoms with Gasteiger partial charge in [-0.3, -0.25) is 4.79 Å². The van der Waals surface area contributed by atoms with E-state index in [9.17, 15) is 9.59 Å². The van der Waals surface area contributed by atoms with Gasteiger partial charge in [0.15, 0.2) is 12.4 Å². The van der Waals surface area contributed by atoms with Gasteiger partial charge in [0.25, 0.3) is 5.89 Å². The lowest BCUT2D eigenvalue weighted by molar-refractivity contribution is -0.139. The molecule has 0 aliphatic rings. The highest BCUT2D eigenvalue weighted by Crippen LogP contribution is 2.23. The number of para-hydroxylation sites is 2. The first-order chi connectivity index (χ1) is 12.6. The zero-order chi connectivity index (χ0) is 18.8.